The molecule has 0 aliphatic rings. The van der Waals surface area contributed by atoms with Crippen molar-refractivity contribution in [1.29, 1.82) is 0 Å². The number of aliphatic hydroxyl groups is 1. The summed E-state index contributed by atoms with van der Waals surface area (Å²) in [6.07, 6.45) is -0.625. The average molecular weight is 234 g/mol. The van der Waals surface area contributed by atoms with Gasteiger partial charge in [-0.15, -0.1) is 0 Å². The maximum absolute atomic E-state index is 11.1. The van der Waals surface area contributed by atoms with Crippen LogP contribution in [0.2, 0.25) is 0 Å². The van der Waals surface area contributed by atoms with Gasteiger partial charge in [0.25, 0.3) is 0 Å². The van der Waals surface area contributed by atoms with Crippen LogP contribution in [0.5, 0.6) is 0 Å². The molecule has 0 radical (unpaired) electrons. The number of carbonyl (C=O) groups excluding carboxylic acids is 1. The molecular weight excluding hydrogens is 220 g/mol. The first-order valence-corrected chi connectivity index (χ1v) is 4.50. The molecule has 0 unspecified atom stereocenters. The van der Waals surface area contributed by atoms with Crippen LogP contribution in [0.3, 0.4) is 0 Å². The molecule has 92 valence electrons. The minimum absolute atomic E-state index is 0.242. The maximum atomic E-state index is 11.1. The number of nitrogens with one attached hydrogen (secondary N) is 1. The van der Waals surface area contributed by atoms with Gasteiger partial charge in [0.15, 0.2) is 0 Å². The first-order valence-electron chi connectivity index (χ1n) is 4.50. The lowest BCUT2D eigenvalue weighted by Gasteiger charge is -2.15. The molecule has 0 saturated heterocycles. The summed E-state index contributed by atoms with van der Waals surface area (Å²) in [7, 11) is 0. The molecule has 0 heterocycles. The molecule has 0 aromatic heterocycles. The van der Waals surface area contributed by atoms with Gasteiger partial charge in [0, 0.05) is 6.42 Å². The number of carboxylic acid groups (broad SMARTS) is 2. The van der Waals surface area contributed by atoms with Crippen LogP contribution in [0.1, 0.15) is 12.8 Å². The summed E-state index contributed by atoms with van der Waals surface area (Å²) < 4.78 is 0. The SMILES string of the molecule is N[C@@H](CO)C(=O)N[C@H](CCC(=O)O)C(=O)O. The number of amides is 1. The van der Waals surface area contributed by atoms with Crippen LogP contribution >= 0.6 is 0 Å². The van der Waals surface area contributed by atoms with Crippen molar-refractivity contribution >= 4 is 17.8 Å². The van der Waals surface area contributed by atoms with Crippen LogP contribution in [0.25, 0.3) is 0 Å². The fourth-order valence-electron chi connectivity index (χ4n) is 0.887. The Bertz CT molecular complexity index is 280. The van der Waals surface area contributed by atoms with Gasteiger partial charge in [0.2, 0.25) is 5.91 Å². The van der Waals surface area contributed by atoms with E-state index in [0.717, 1.165) is 0 Å². The minimum atomic E-state index is -1.35. The van der Waals surface area contributed by atoms with E-state index in [0.29, 0.717) is 0 Å². The second-order valence-corrected chi connectivity index (χ2v) is 3.12. The predicted molar refractivity (Wildman–Crippen MR) is 51.5 cm³/mol. The van der Waals surface area contributed by atoms with Crippen molar-refractivity contribution in [3.05, 3.63) is 0 Å². The highest BCUT2D eigenvalue weighted by Gasteiger charge is 2.23. The highest BCUT2D eigenvalue weighted by atomic mass is 16.4. The van der Waals surface area contributed by atoms with Gasteiger partial charge >= 0.3 is 11.9 Å². The molecule has 6 N–H and O–H groups in total. The topological polar surface area (TPSA) is 150 Å². The number of aliphatic carboxylic acids is 2. The van der Waals surface area contributed by atoms with E-state index < -0.39 is 36.5 Å². The number of rotatable bonds is 7. The Morgan fingerprint density at radius 1 is 1.25 bits per heavy atom. The highest BCUT2D eigenvalue weighted by molar-refractivity contribution is 5.87. The molecule has 16 heavy (non-hydrogen) atoms. The molecule has 0 aromatic carbocycles. The largest absolute Gasteiger partial charge is 0.481 e. The van der Waals surface area contributed by atoms with Crippen LogP contribution < -0.4 is 11.1 Å². The monoisotopic (exact) mass is 234 g/mol. The first kappa shape index (κ1) is 14.3. The van der Waals surface area contributed by atoms with E-state index in [9.17, 15) is 14.4 Å². The molecule has 0 bridgehead atoms. The molecule has 2 atom stereocenters. The summed E-state index contributed by atoms with van der Waals surface area (Å²) >= 11 is 0. The van der Waals surface area contributed by atoms with Gasteiger partial charge in [-0.2, -0.15) is 0 Å². The molecule has 8 nitrogen and oxygen atoms in total. The number of nitrogens with two attached hydrogens (primary N) is 1. The Balaban J connectivity index is 4.28. The van der Waals surface area contributed by atoms with Crippen LogP contribution in [0.4, 0.5) is 0 Å². The molecule has 0 spiro atoms. The van der Waals surface area contributed by atoms with Gasteiger partial charge in [0.05, 0.1) is 6.61 Å². The number of carboxylic acids is 2. The lowest BCUT2D eigenvalue weighted by molar-refractivity contribution is -0.143. The summed E-state index contributed by atoms with van der Waals surface area (Å²) in [6, 6.07) is -2.53. The van der Waals surface area contributed by atoms with Crippen molar-refractivity contribution in [2.24, 2.45) is 5.73 Å². The summed E-state index contributed by atoms with van der Waals surface area (Å²) in [6.45, 7) is -0.614. The lowest BCUT2D eigenvalue weighted by atomic mass is 10.1. The van der Waals surface area contributed by atoms with E-state index in [2.05, 4.69) is 0 Å². The third kappa shape index (κ3) is 5.27. The van der Waals surface area contributed by atoms with E-state index in [1.165, 1.54) is 0 Å². The van der Waals surface area contributed by atoms with Crippen molar-refractivity contribution in [3.63, 3.8) is 0 Å². The fraction of sp³-hybridized carbons (Fsp3) is 0.625. The molecule has 0 aliphatic heterocycles. The lowest BCUT2D eigenvalue weighted by Crippen LogP contribution is -2.49. The average Bonchev–Trinajstić information content (AvgIpc) is 2.21. The van der Waals surface area contributed by atoms with Crippen molar-refractivity contribution < 1.29 is 29.7 Å². The summed E-state index contributed by atoms with van der Waals surface area (Å²) in [5, 5.41) is 27.6. The summed E-state index contributed by atoms with van der Waals surface area (Å²) in [4.78, 5) is 32.0. The second kappa shape index (κ2) is 6.75. The van der Waals surface area contributed by atoms with Gasteiger partial charge in [0.1, 0.15) is 12.1 Å². The summed E-state index contributed by atoms with van der Waals surface area (Å²) in [5.74, 6) is -3.34. The summed E-state index contributed by atoms with van der Waals surface area (Å²) in [5.41, 5.74) is 5.15. The van der Waals surface area contributed by atoms with Crippen molar-refractivity contribution in [2.75, 3.05) is 6.61 Å². The van der Waals surface area contributed by atoms with Gasteiger partial charge in [-0.3, -0.25) is 9.59 Å². The third-order valence-electron chi connectivity index (χ3n) is 1.79. The zero-order valence-corrected chi connectivity index (χ0v) is 8.42. The Morgan fingerprint density at radius 2 is 1.81 bits per heavy atom. The number of hydrogen-bond donors (Lipinski definition) is 5. The van der Waals surface area contributed by atoms with Crippen molar-refractivity contribution in [1.82, 2.24) is 5.32 Å². The molecule has 0 rings (SSSR count). The standard InChI is InChI=1S/C8H14N2O6/c9-4(3-11)7(14)10-5(8(15)16)1-2-6(12)13/h4-5,11H,1-3,9H2,(H,10,14)(H,12,13)(H,15,16)/t4-,5+/m0/s1. The van der Waals surface area contributed by atoms with E-state index in [-0.39, 0.29) is 12.8 Å². The van der Waals surface area contributed by atoms with Gasteiger partial charge in [-0.1, -0.05) is 0 Å². The Morgan fingerprint density at radius 3 is 2.19 bits per heavy atom. The highest BCUT2D eigenvalue weighted by Crippen LogP contribution is 1.98. The number of hydrogen-bond acceptors (Lipinski definition) is 5. The normalized spacial score (nSPS) is 13.9. The van der Waals surface area contributed by atoms with Crippen LogP contribution in [-0.4, -0.2) is 51.9 Å². The van der Waals surface area contributed by atoms with Crippen LogP contribution in [0.15, 0.2) is 0 Å². The second-order valence-electron chi connectivity index (χ2n) is 3.12. The molecule has 8 heteroatoms. The molecule has 1 amide bonds. The fourth-order valence-corrected chi connectivity index (χ4v) is 0.887. The maximum Gasteiger partial charge on any atom is 0.326 e. The van der Waals surface area contributed by atoms with Gasteiger partial charge in [-0.05, 0) is 6.42 Å². The Kier molecular flexibility index (Phi) is 6.04. The van der Waals surface area contributed by atoms with E-state index in [4.69, 9.17) is 21.1 Å². The molecule has 0 aliphatic carbocycles. The van der Waals surface area contributed by atoms with Gasteiger partial charge in [-0.25, -0.2) is 4.79 Å². The zero-order valence-electron chi connectivity index (χ0n) is 8.42. The third-order valence-corrected chi connectivity index (χ3v) is 1.79. The number of aliphatic hydroxyl groups excluding tert-OH is 1. The molecule has 0 saturated carbocycles. The van der Waals surface area contributed by atoms with E-state index in [1.807, 2.05) is 5.32 Å². The quantitative estimate of drug-likeness (QED) is 0.333. The van der Waals surface area contributed by atoms with Crippen molar-refractivity contribution in [3.8, 4) is 0 Å². The van der Waals surface area contributed by atoms with E-state index >= 15 is 0 Å². The Labute approximate surface area is 91.1 Å². The smallest absolute Gasteiger partial charge is 0.326 e. The Hall–Kier alpha value is -1.67. The van der Waals surface area contributed by atoms with E-state index in [1.54, 1.807) is 0 Å². The zero-order chi connectivity index (χ0) is 12.7. The minimum Gasteiger partial charge on any atom is -0.481 e. The molecule has 0 aromatic rings. The molecular formula is C8H14N2O6. The number of carbonyl (C=O) groups is 3. The van der Waals surface area contributed by atoms with Gasteiger partial charge < -0.3 is 26.4 Å². The molecule has 0 fully saturated rings. The van der Waals surface area contributed by atoms with Crippen LogP contribution in [-0.2, 0) is 14.4 Å². The van der Waals surface area contributed by atoms with Crippen molar-refractivity contribution in [2.45, 2.75) is 24.9 Å². The first-order chi connectivity index (χ1) is 7.38. The predicted octanol–water partition coefficient (Wildman–Crippen LogP) is -2.26. The van der Waals surface area contributed by atoms with Crippen LogP contribution in [0, 0.1) is 0 Å².